The lowest BCUT2D eigenvalue weighted by atomic mass is 9.99. The van der Waals surface area contributed by atoms with Gasteiger partial charge in [0.05, 0.1) is 25.6 Å². The van der Waals surface area contributed by atoms with Crippen molar-refractivity contribution in [3.05, 3.63) is 120 Å². The van der Waals surface area contributed by atoms with E-state index in [9.17, 15) is 0 Å². The minimum absolute atomic E-state index is 0.667. The number of hydrogen-bond acceptors (Lipinski definition) is 6. The number of para-hydroxylation sites is 2. The number of hydrogen-bond donors (Lipinski definition) is 2. The Labute approximate surface area is 199 Å². The molecule has 0 aromatic heterocycles. The van der Waals surface area contributed by atoms with Gasteiger partial charge < -0.3 is 9.47 Å². The van der Waals surface area contributed by atoms with Crippen LogP contribution in [-0.2, 0) is 0 Å². The van der Waals surface area contributed by atoms with E-state index >= 15 is 0 Å². The molecular weight excluding hydrogens is 424 g/mol. The molecule has 0 amide bonds. The number of rotatable bonds is 9. The fraction of sp³-hybridized carbons (Fsp3) is 0.0714. The quantitative estimate of drug-likeness (QED) is 0.241. The molecule has 0 bridgehead atoms. The molecule has 4 aromatic rings. The normalized spacial score (nSPS) is 11.6. The summed E-state index contributed by atoms with van der Waals surface area (Å²) >= 11 is 0. The van der Waals surface area contributed by atoms with E-state index in [4.69, 9.17) is 19.7 Å². The SMILES string of the molecule is COc1ccc(C(=NNc2ccccc2)C(=NNc2ccccc2)c2ccc(OC)cc2)cc1. The fourth-order valence-electron chi connectivity index (χ4n) is 3.27. The summed E-state index contributed by atoms with van der Waals surface area (Å²) in [4.78, 5) is 0. The lowest BCUT2D eigenvalue weighted by Crippen LogP contribution is -2.20. The molecule has 0 radical (unpaired) electrons. The molecule has 0 fully saturated rings. The molecule has 2 N–H and O–H groups in total. The third kappa shape index (κ3) is 5.81. The van der Waals surface area contributed by atoms with Crippen LogP contribution < -0.4 is 20.3 Å². The Kier molecular flexibility index (Phi) is 7.54. The second-order valence-corrected chi connectivity index (χ2v) is 7.33. The molecule has 0 spiro atoms. The van der Waals surface area contributed by atoms with Gasteiger partial charge in [-0.05, 0) is 72.8 Å². The first kappa shape index (κ1) is 22.6. The number of hydrazone groups is 2. The van der Waals surface area contributed by atoms with Crippen LogP contribution in [0.4, 0.5) is 11.4 Å². The molecule has 4 aromatic carbocycles. The van der Waals surface area contributed by atoms with E-state index in [-0.39, 0.29) is 0 Å². The molecule has 34 heavy (non-hydrogen) atoms. The monoisotopic (exact) mass is 450 g/mol. The van der Waals surface area contributed by atoms with Crippen molar-refractivity contribution in [2.45, 2.75) is 0 Å². The highest BCUT2D eigenvalue weighted by atomic mass is 16.5. The van der Waals surface area contributed by atoms with Crippen LogP contribution >= 0.6 is 0 Å². The number of benzene rings is 4. The van der Waals surface area contributed by atoms with Gasteiger partial charge in [-0.25, -0.2) is 0 Å². The van der Waals surface area contributed by atoms with Gasteiger partial charge in [-0.1, -0.05) is 36.4 Å². The average Bonchev–Trinajstić information content (AvgIpc) is 2.92. The minimum Gasteiger partial charge on any atom is -0.497 e. The minimum atomic E-state index is 0.667. The van der Waals surface area contributed by atoms with E-state index in [1.54, 1.807) is 14.2 Å². The number of methoxy groups -OCH3 is 2. The van der Waals surface area contributed by atoms with Crippen LogP contribution in [0.1, 0.15) is 11.1 Å². The van der Waals surface area contributed by atoms with Crippen LogP contribution in [0.3, 0.4) is 0 Å². The Hall–Kier alpha value is -4.58. The molecule has 0 heterocycles. The fourth-order valence-corrected chi connectivity index (χ4v) is 3.27. The first-order valence-corrected chi connectivity index (χ1v) is 10.8. The van der Waals surface area contributed by atoms with Crippen LogP contribution in [0.2, 0.25) is 0 Å². The number of ether oxygens (including phenoxy) is 2. The lowest BCUT2D eigenvalue weighted by Gasteiger charge is -2.13. The van der Waals surface area contributed by atoms with Gasteiger partial charge in [0.15, 0.2) is 0 Å². The Morgan fingerprint density at radius 1 is 0.500 bits per heavy atom. The largest absolute Gasteiger partial charge is 0.497 e. The van der Waals surface area contributed by atoms with E-state index in [1.165, 1.54) is 0 Å². The predicted octanol–water partition coefficient (Wildman–Crippen LogP) is 6.04. The topological polar surface area (TPSA) is 67.2 Å². The maximum atomic E-state index is 5.34. The summed E-state index contributed by atoms with van der Waals surface area (Å²) in [5, 5.41) is 9.55. The molecule has 0 aliphatic carbocycles. The molecule has 0 atom stereocenters. The van der Waals surface area contributed by atoms with Gasteiger partial charge in [0.1, 0.15) is 22.9 Å². The first-order chi connectivity index (χ1) is 16.8. The number of nitrogens with zero attached hydrogens (tertiary/aromatic N) is 2. The molecule has 6 nitrogen and oxygen atoms in total. The maximum Gasteiger partial charge on any atom is 0.119 e. The highest BCUT2D eigenvalue weighted by molar-refractivity contribution is 6.53. The van der Waals surface area contributed by atoms with Gasteiger partial charge in [-0.15, -0.1) is 0 Å². The number of nitrogens with one attached hydrogen (secondary N) is 2. The summed E-state index contributed by atoms with van der Waals surface area (Å²) in [5.74, 6) is 1.54. The van der Waals surface area contributed by atoms with E-state index in [0.29, 0.717) is 11.4 Å². The highest BCUT2D eigenvalue weighted by Gasteiger charge is 2.16. The Balaban J connectivity index is 1.80. The summed E-state index contributed by atoms with van der Waals surface area (Å²) in [6.07, 6.45) is 0. The van der Waals surface area contributed by atoms with Gasteiger partial charge in [0, 0.05) is 11.1 Å². The third-order valence-corrected chi connectivity index (χ3v) is 5.09. The van der Waals surface area contributed by atoms with Gasteiger partial charge in [0.2, 0.25) is 0 Å². The van der Waals surface area contributed by atoms with Crippen molar-refractivity contribution in [1.29, 1.82) is 0 Å². The van der Waals surface area contributed by atoms with Crippen molar-refractivity contribution in [3.8, 4) is 11.5 Å². The van der Waals surface area contributed by atoms with Crippen LogP contribution in [-0.4, -0.2) is 25.6 Å². The Morgan fingerprint density at radius 3 is 1.18 bits per heavy atom. The van der Waals surface area contributed by atoms with E-state index in [1.807, 2.05) is 109 Å². The van der Waals surface area contributed by atoms with Gasteiger partial charge >= 0.3 is 0 Å². The molecule has 0 unspecified atom stereocenters. The van der Waals surface area contributed by atoms with E-state index < -0.39 is 0 Å². The van der Waals surface area contributed by atoms with E-state index in [0.717, 1.165) is 34.0 Å². The standard InChI is InChI=1S/C28H26N4O2/c1-33-25-17-13-21(14-18-25)27(31-29-23-9-5-3-6-10-23)28(22-15-19-26(34-2)20-16-22)32-30-24-11-7-4-8-12-24/h3-20,29-30H,1-2H3. The lowest BCUT2D eigenvalue weighted by molar-refractivity contribution is 0.414. The summed E-state index contributed by atoms with van der Waals surface area (Å²) in [6.45, 7) is 0. The molecule has 170 valence electrons. The van der Waals surface area contributed by atoms with Gasteiger partial charge in [-0.2, -0.15) is 10.2 Å². The van der Waals surface area contributed by atoms with Crippen molar-refractivity contribution in [3.63, 3.8) is 0 Å². The zero-order valence-corrected chi connectivity index (χ0v) is 19.1. The first-order valence-electron chi connectivity index (χ1n) is 10.8. The van der Waals surface area contributed by atoms with Crippen molar-refractivity contribution in [2.24, 2.45) is 10.2 Å². The average molecular weight is 451 g/mol. The second kappa shape index (κ2) is 11.3. The molecule has 0 saturated carbocycles. The number of anilines is 2. The molecule has 0 aliphatic rings. The summed E-state index contributed by atoms with van der Waals surface area (Å²) in [7, 11) is 3.30. The predicted molar refractivity (Wildman–Crippen MR) is 139 cm³/mol. The molecule has 6 heteroatoms. The van der Waals surface area contributed by atoms with Crippen molar-refractivity contribution >= 4 is 22.8 Å². The van der Waals surface area contributed by atoms with Crippen LogP contribution in [0.5, 0.6) is 11.5 Å². The summed E-state index contributed by atoms with van der Waals surface area (Å²) in [5.41, 5.74) is 11.2. The van der Waals surface area contributed by atoms with Crippen LogP contribution in [0, 0.1) is 0 Å². The molecular formula is C28H26N4O2. The maximum absolute atomic E-state index is 5.34. The zero-order valence-electron chi connectivity index (χ0n) is 19.1. The summed E-state index contributed by atoms with van der Waals surface area (Å²) in [6, 6.07) is 35.1. The van der Waals surface area contributed by atoms with Crippen LogP contribution in [0.25, 0.3) is 0 Å². The van der Waals surface area contributed by atoms with Crippen LogP contribution in [0.15, 0.2) is 119 Å². The Bertz CT molecular complexity index is 1140. The van der Waals surface area contributed by atoms with Crippen molar-refractivity contribution in [1.82, 2.24) is 0 Å². The molecule has 0 aliphatic heterocycles. The molecule has 0 saturated heterocycles. The van der Waals surface area contributed by atoms with E-state index in [2.05, 4.69) is 10.9 Å². The van der Waals surface area contributed by atoms with Gasteiger partial charge in [0.25, 0.3) is 0 Å². The highest BCUT2D eigenvalue weighted by Crippen LogP contribution is 2.19. The third-order valence-electron chi connectivity index (χ3n) is 5.09. The Morgan fingerprint density at radius 2 is 0.853 bits per heavy atom. The second-order valence-electron chi connectivity index (χ2n) is 7.33. The summed E-state index contributed by atoms with van der Waals surface area (Å²) < 4.78 is 10.7. The molecule has 4 rings (SSSR count). The smallest absolute Gasteiger partial charge is 0.119 e. The van der Waals surface area contributed by atoms with Crippen molar-refractivity contribution in [2.75, 3.05) is 25.1 Å². The van der Waals surface area contributed by atoms with Crippen molar-refractivity contribution < 1.29 is 9.47 Å². The van der Waals surface area contributed by atoms with Gasteiger partial charge in [-0.3, -0.25) is 10.9 Å². The zero-order chi connectivity index (χ0) is 23.6.